The summed E-state index contributed by atoms with van der Waals surface area (Å²) in [7, 11) is 1.62. The Labute approximate surface area is 123 Å². The predicted octanol–water partition coefficient (Wildman–Crippen LogP) is 4.09. The van der Waals surface area contributed by atoms with E-state index in [9.17, 15) is 5.11 Å². The van der Waals surface area contributed by atoms with Crippen molar-refractivity contribution in [2.24, 2.45) is 0 Å². The van der Waals surface area contributed by atoms with E-state index in [1.807, 2.05) is 48.5 Å². The summed E-state index contributed by atoms with van der Waals surface area (Å²) in [6.45, 7) is 2.11. The van der Waals surface area contributed by atoms with Gasteiger partial charge >= 0.3 is 0 Å². The summed E-state index contributed by atoms with van der Waals surface area (Å²) in [6.07, 6.45) is 0.232. The van der Waals surface area contributed by atoms with E-state index < -0.39 is 6.10 Å². The van der Waals surface area contributed by atoms with Crippen molar-refractivity contribution in [3.8, 4) is 5.75 Å². The molecule has 1 atom stereocenters. The Morgan fingerprint density at radius 3 is 2.52 bits per heavy atom. The molecule has 0 aliphatic carbocycles. The molecule has 0 fully saturated rings. The van der Waals surface area contributed by atoms with Crippen molar-refractivity contribution in [1.29, 1.82) is 0 Å². The molecule has 0 radical (unpaired) electrons. The van der Waals surface area contributed by atoms with Gasteiger partial charge < -0.3 is 14.3 Å². The van der Waals surface area contributed by atoms with Crippen molar-refractivity contribution in [2.75, 3.05) is 7.11 Å². The number of aryl methyl sites for hydroxylation is 1. The van der Waals surface area contributed by atoms with Crippen molar-refractivity contribution >= 4 is 11.0 Å². The van der Waals surface area contributed by atoms with Crippen LogP contribution >= 0.6 is 0 Å². The Hall–Kier alpha value is -2.26. The molecule has 1 heterocycles. The van der Waals surface area contributed by atoms with Crippen LogP contribution in [-0.2, 0) is 6.42 Å². The summed E-state index contributed by atoms with van der Waals surface area (Å²) in [5, 5.41) is 11.4. The van der Waals surface area contributed by atoms with Crippen LogP contribution in [0.25, 0.3) is 11.0 Å². The molecule has 108 valence electrons. The molecule has 3 rings (SSSR count). The molecule has 0 bridgehead atoms. The molecule has 1 N–H and O–H groups in total. The van der Waals surface area contributed by atoms with Crippen molar-refractivity contribution in [2.45, 2.75) is 19.4 Å². The van der Waals surface area contributed by atoms with E-state index in [-0.39, 0.29) is 0 Å². The molecule has 1 unspecified atom stereocenters. The molecule has 3 heteroatoms. The van der Waals surface area contributed by atoms with Crippen LogP contribution in [0.15, 0.2) is 52.9 Å². The van der Waals surface area contributed by atoms with Gasteiger partial charge in [-0.05, 0) is 35.7 Å². The fraction of sp³-hybridized carbons (Fsp3) is 0.222. The second-order valence-corrected chi connectivity index (χ2v) is 5.05. The maximum atomic E-state index is 10.5. The van der Waals surface area contributed by atoms with Gasteiger partial charge in [0.05, 0.1) is 7.11 Å². The maximum absolute atomic E-state index is 10.5. The summed E-state index contributed by atoms with van der Waals surface area (Å²) < 4.78 is 10.9. The SMILES string of the molecule is CCc1ccc(C(O)c2cc3ccc(OC)cc3o2)cc1. The molecule has 21 heavy (non-hydrogen) atoms. The number of ether oxygens (including phenoxy) is 1. The van der Waals surface area contributed by atoms with Crippen LogP contribution in [0.2, 0.25) is 0 Å². The standard InChI is InChI=1S/C18H18O3/c1-3-12-4-6-13(7-5-12)18(19)17-10-14-8-9-15(20-2)11-16(14)21-17/h4-11,18-19H,3H2,1-2H3. The third-order valence-corrected chi connectivity index (χ3v) is 3.72. The van der Waals surface area contributed by atoms with Crippen LogP contribution in [0.3, 0.4) is 0 Å². The van der Waals surface area contributed by atoms with E-state index in [2.05, 4.69) is 6.92 Å². The number of fused-ring (bicyclic) bond motifs is 1. The van der Waals surface area contributed by atoms with Gasteiger partial charge in [0.2, 0.25) is 0 Å². The molecular weight excluding hydrogens is 264 g/mol. The number of hydrogen-bond donors (Lipinski definition) is 1. The molecule has 0 saturated heterocycles. The third kappa shape index (κ3) is 2.65. The lowest BCUT2D eigenvalue weighted by Crippen LogP contribution is -1.97. The summed E-state index contributed by atoms with van der Waals surface area (Å²) in [5.41, 5.74) is 2.80. The number of hydrogen-bond acceptors (Lipinski definition) is 3. The topological polar surface area (TPSA) is 42.6 Å². The van der Waals surface area contributed by atoms with Crippen LogP contribution in [0.1, 0.15) is 29.9 Å². The van der Waals surface area contributed by atoms with E-state index in [0.29, 0.717) is 11.3 Å². The first kappa shape index (κ1) is 13.7. The highest BCUT2D eigenvalue weighted by molar-refractivity contribution is 5.79. The second-order valence-electron chi connectivity index (χ2n) is 5.05. The average Bonchev–Trinajstić information content (AvgIpc) is 2.97. The van der Waals surface area contributed by atoms with E-state index in [4.69, 9.17) is 9.15 Å². The summed E-state index contributed by atoms with van der Waals surface area (Å²) in [6, 6.07) is 15.4. The number of methoxy groups -OCH3 is 1. The Morgan fingerprint density at radius 2 is 1.86 bits per heavy atom. The monoisotopic (exact) mass is 282 g/mol. The lowest BCUT2D eigenvalue weighted by molar-refractivity contribution is 0.192. The average molecular weight is 282 g/mol. The normalized spacial score (nSPS) is 12.5. The first-order valence-corrected chi connectivity index (χ1v) is 7.05. The maximum Gasteiger partial charge on any atom is 0.138 e. The largest absolute Gasteiger partial charge is 0.497 e. The molecule has 3 aromatic rings. The molecule has 3 nitrogen and oxygen atoms in total. The van der Waals surface area contributed by atoms with E-state index >= 15 is 0 Å². The number of furan rings is 1. The predicted molar refractivity (Wildman–Crippen MR) is 82.6 cm³/mol. The lowest BCUT2D eigenvalue weighted by atomic mass is 10.0. The van der Waals surface area contributed by atoms with Gasteiger partial charge in [0.25, 0.3) is 0 Å². The van der Waals surface area contributed by atoms with Crippen LogP contribution < -0.4 is 4.74 Å². The Bertz CT molecular complexity index is 741. The smallest absolute Gasteiger partial charge is 0.138 e. The lowest BCUT2D eigenvalue weighted by Gasteiger charge is -2.08. The van der Waals surface area contributed by atoms with Gasteiger partial charge in [0.15, 0.2) is 0 Å². The molecule has 0 aliphatic rings. The first-order chi connectivity index (χ1) is 10.2. The van der Waals surface area contributed by atoms with Gasteiger partial charge in [-0.15, -0.1) is 0 Å². The molecule has 2 aromatic carbocycles. The van der Waals surface area contributed by atoms with Gasteiger partial charge in [-0.1, -0.05) is 31.2 Å². The van der Waals surface area contributed by atoms with Crippen molar-refractivity contribution in [3.05, 3.63) is 65.4 Å². The Kier molecular flexibility index (Phi) is 3.67. The zero-order valence-corrected chi connectivity index (χ0v) is 12.2. The zero-order chi connectivity index (χ0) is 14.8. The summed E-state index contributed by atoms with van der Waals surface area (Å²) in [5.74, 6) is 1.28. The molecule has 0 saturated carbocycles. The fourth-order valence-corrected chi connectivity index (χ4v) is 2.39. The summed E-state index contributed by atoms with van der Waals surface area (Å²) in [4.78, 5) is 0. The van der Waals surface area contributed by atoms with Gasteiger partial charge in [0, 0.05) is 11.5 Å². The highest BCUT2D eigenvalue weighted by atomic mass is 16.5. The van der Waals surface area contributed by atoms with Crippen LogP contribution in [0.4, 0.5) is 0 Å². The quantitative estimate of drug-likeness (QED) is 0.784. The van der Waals surface area contributed by atoms with Gasteiger partial charge in [-0.2, -0.15) is 0 Å². The van der Waals surface area contributed by atoms with E-state index in [1.54, 1.807) is 7.11 Å². The molecular formula is C18H18O3. The van der Waals surface area contributed by atoms with Crippen LogP contribution in [-0.4, -0.2) is 12.2 Å². The van der Waals surface area contributed by atoms with Gasteiger partial charge in [-0.25, -0.2) is 0 Å². The zero-order valence-electron chi connectivity index (χ0n) is 12.2. The second kappa shape index (κ2) is 5.62. The molecule has 0 amide bonds. The number of rotatable bonds is 4. The number of aliphatic hydroxyl groups excluding tert-OH is 1. The Balaban J connectivity index is 1.94. The van der Waals surface area contributed by atoms with Gasteiger partial charge in [-0.3, -0.25) is 0 Å². The minimum atomic E-state index is -0.755. The highest BCUT2D eigenvalue weighted by Crippen LogP contribution is 2.30. The third-order valence-electron chi connectivity index (χ3n) is 3.72. The highest BCUT2D eigenvalue weighted by Gasteiger charge is 2.15. The minimum absolute atomic E-state index is 0.544. The molecule has 1 aromatic heterocycles. The summed E-state index contributed by atoms with van der Waals surface area (Å²) >= 11 is 0. The van der Waals surface area contributed by atoms with E-state index in [1.165, 1.54) is 5.56 Å². The fourth-order valence-electron chi connectivity index (χ4n) is 2.39. The first-order valence-electron chi connectivity index (χ1n) is 7.05. The number of aliphatic hydroxyl groups is 1. The van der Waals surface area contributed by atoms with Crippen molar-refractivity contribution < 1.29 is 14.3 Å². The van der Waals surface area contributed by atoms with Crippen molar-refractivity contribution in [1.82, 2.24) is 0 Å². The minimum Gasteiger partial charge on any atom is -0.497 e. The number of benzene rings is 2. The van der Waals surface area contributed by atoms with Crippen LogP contribution in [0.5, 0.6) is 5.75 Å². The van der Waals surface area contributed by atoms with Gasteiger partial charge in [0.1, 0.15) is 23.2 Å². The van der Waals surface area contributed by atoms with E-state index in [0.717, 1.165) is 23.1 Å². The Morgan fingerprint density at radius 1 is 1.10 bits per heavy atom. The van der Waals surface area contributed by atoms with Crippen molar-refractivity contribution in [3.63, 3.8) is 0 Å². The molecule has 0 aliphatic heterocycles. The van der Waals surface area contributed by atoms with Crippen LogP contribution in [0, 0.1) is 0 Å². The molecule has 0 spiro atoms.